The fourth-order valence-corrected chi connectivity index (χ4v) is 5.58. The van der Waals surface area contributed by atoms with Gasteiger partial charge in [-0.15, -0.1) is 0 Å². The average Bonchev–Trinajstić information content (AvgIpc) is 2.90. The molecule has 2 fully saturated rings. The molecule has 37 heavy (non-hydrogen) atoms. The number of nitrogens with one attached hydrogen (secondary N) is 4. The molecule has 2 heterocycles. The summed E-state index contributed by atoms with van der Waals surface area (Å²) in [5.74, 6) is 2.13. The average molecular weight is 511 g/mol. The minimum atomic E-state index is 0.0903. The molecule has 2 aliphatic heterocycles. The number of aliphatic imine (C=N–C) groups is 1. The Morgan fingerprint density at radius 2 is 1.73 bits per heavy atom. The summed E-state index contributed by atoms with van der Waals surface area (Å²) in [5, 5.41) is 14.0. The molecule has 1 unspecified atom stereocenters. The van der Waals surface area contributed by atoms with Gasteiger partial charge in [-0.2, -0.15) is 0 Å². The van der Waals surface area contributed by atoms with E-state index in [4.69, 9.17) is 10.7 Å². The van der Waals surface area contributed by atoms with Crippen LogP contribution in [0.1, 0.15) is 63.5 Å². The van der Waals surface area contributed by atoms with E-state index in [1.165, 1.54) is 56.2 Å². The second-order valence-electron chi connectivity index (χ2n) is 11.4. The first-order valence-electron chi connectivity index (χ1n) is 14.6. The van der Waals surface area contributed by atoms with E-state index < -0.39 is 0 Å². The molecule has 1 aromatic carbocycles. The van der Waals surface area contributed by atoms with Gasteiger partial charge < -0.3 is 31.9 Å². The molecular weight excluding hydrogens is 460 g/mol. The van der Waals surface area contributed by atoms with E-state index in [2.05, 4.69) is 75.3 Å². The summed E-state index contributed by atoms with van der Waals surface area (Å²) in [6.45, 7) is 13.7. The minimum absolute atomic E-state index is 0.0903. The smallest absolute Gasteiger partial charge is 0.198 e. The van der Waals surface area contributed by atoms with Crippen molar-refractivity contribution in [3.63, 3.8) is 0 Å². The molecule has 0 spiro atoms. The fourth-order valence-electron chi connectivity index (χ4n) is 5.58. The standard InChI is InChI=1S/C29H50N8/c1-23(2)22-36-15-17-37(18-16-36)28-19-27(30)34-29(35-28)33-21-25-11-9-24(10-12-25)20-31-13-6-14-32-26-7-4-3-5-8-26/h9-12,19,23,26,28,31-32H,3-8,13-18,20-22,30H2,1-2H3,(H2,33,34,35). The van der Waals surface area contributed by atoms with Crippen molar-refractivity contribution in [3.8, 4) is 0 Å². The van der Waals surface area contributed by atoms with Crippen LogP contribution in [0.2, 0.25) is 0 Å². The maximum atomic E-state index is 6.20. The maximum Gasteiger partial charge on any atom is 0.198 e. The highest BCUT2D eigenvalue weighted by Crippen LogP contribution is 2.17. The van der Waals surface area contributed by atoms with Gasteiger partial charge in [0.2, 0.25) is 0 Å². The van der Waals surface area contributed by atoms with Gasteiger partial charge in [-0.3, -0.25) is 4.90 Å². The largest absolute Gasteiger partial charge is 0.385 e. The number of benzene rings is 1. The molecule has 0 amide bonds. The molecule has 206 valence electrons. The van der Waals surface area contributed by atoms with Gasteiger partial charge >= 0.3 is 0 Å². The topological polar surface area (TPSA) is 93.0 Å². The van der Waals surface area contributed by atoms with Gasteiger partial charge in [0.1, 0.15) is 12.0 Å². The normalized spacial score (nSPS) is 23.2. The monoisotopic (exact) mass is 510 g/mol. The first-order valence-corrected chi connectivity index (χ1v) is 14.6. The van der Waals surface area contributed by atoms with Gasteiger partial charge in [-0.25, -0.2) is 4.99 Å². The Labute approximate surface area is 224 Å². The molecule has 0 radical (unpaired) electrons. The van der Waals surface area contributed by atoms with Crippen LogP contribution in [-0.2, 0) is 13.1 Å². The van der Waals surface area contributed by atoms with Crippen molar-refractivity contribution in [2.75, 3.05) is 45.8 Å². The molecule has 1 saturated carbocycles. The third-order valence-electron chi connectivity index (χ3n) is 7.65. The Bertz CT molecular complexity index is 851. The lowest BCUT2D eigenvalue weighted by Gasteiger charge is -2.40. The Balaban J connectivity index is 1.15. The van der Waals surface area contributed by atoms with E-state index in [1.807, 2.05) is 0 Å². The predicted molar refractivity (Wildman–Crippen MR) is 154 cm³/mol. The second kappa shape index (κ2) is 14.7. The van der Waals surface area contributed by atoms with Crippen LogP contribution in [0.5, 0.6) is 0 Å². The van der Waals surface area contributed by atoms with Crippen molar-refractivity contribution in [2.45, 2.75) is 77.7 Å². The summed E-state index contributed by atoms with van der Waals surface area (Å²) >= 11 is 0. The minimum Gasteiger partial charge on any atom is -0.385 e. The van der Waals surface area contributed by atoms with Crippen LogP contribution in [-0.4, -0.2) is 73.8 Å². The quantitative estimate of drug-likeness (QED) is 0.276. The number of rotatable bonds is 12. The Morgan fingerprint density at radius 3 is 2.46 bits per heavy atom. The number of hydrogen-bond donors (Lipinski definition) is 5. The Kier molecular flexibility index (Phi) is 11.1. The zero-order valence-corrected chi connectivity index (χ0v) is 23.1. The van der Waals surface area contributed by atoms with Crippen LogP contribution in [0.15, 0.2) is 41.2 Å². The predicted octanol–water partition coefficient (Wildman–Crippen LogP) is 2.54. The second-order valence-corrected chi connectivity index (χ2v) is 11.4. The van der Waals surface area contributed by atoms with Crippen LogP contribution >= 0.6 is 0 Å². The molecule has 8 heteroatoms. The highest BCUT2D eigenvalue weighted by atomic mass is 15.4. The summed E-state index contributed by atoms with van der Waals surface area (Å²) in [5.41, 5.74) is 8.71. The highest BCUT2D eigenvalue weighted by Gasteiger charge is 2.26. The molecule has 4 rings (SSSR count). The van der Waals surface area contributed by atoms with E-state index in [0.717, 1.165) is 57.8 Å². The number of nitrogens with two attached hydrogens (primary N) is 1. The molecule has 6 N–H and O–H groups in total. The van der Waals surface area contributed by atoms with Crippen molar-refractivity contribution in [3.05, 3.63) is 47.3 Å². The first kappa shape index (κ1) is 27.9. The summed E-state index contributed by atoms with van der Waals surface area (Å²) in [4.78, 5) is 9.79. The van der Waals surface area contributed by atoms with Crippen molar-refractivity contribution in [2.24, 2.45) is 16.6 Å². The zero-order chi connectivity index (χ0) is 25.9. The SMILES string of the molecule is CC(C)CN1CCN(C2C=C(N)NC(=NCc3ccc(CNCCCNC4CCCCC4)cc3)N2)CC1. The molecule has 8 nitrogen and oxygen atoms in total. The first-order chi connectivity index (χ1) is 18.0. The lowest BCUT2D eigenvalue weighted by Crippen LogP contribution is -2.59. The number of piperazine rings is 1. The van der Waals surface area contributed by atoms with E-state index >= 15 is 0 Å². The van der Waals surface area contributed by atoms with Gasteiger partial charge in [-0.05, 0) is 55.5 Å². The molecule has 1 atom stereocenters. The summed E-state index contributed by atoms with van der Waals surface area (Å²) in [6.07, 6.45) is 10.3. The lowest BCUT2D eigenvalue weighted by atomic mass is 9.95. The summed E-state index contributed by atoms with van der Waals surface area (Å²) in [6, 6.07) is 9.53. The molecule has 3 aliphatic rings. The lowest BCUT2D eigenvalue weighted by molar-refractivity contribution is 0.0974. The van der Waals surface area contributed by atoms with Gasteiger partial charge in [0.15, 0.2) is 5.96 Å². The van der Waals surface area contributed by atoms with Crippen molar-refractivity contribution in [1.29, 1.82) is 0 Å². The van der Waals surface area contributed by atoms with Crippen molar-refractivity contribution < 1.29 is 0 Å². The van der Waals surface area contributed by atoms with E-state index in [9.17, 15) is 0 Å². The maximum absolute atomic E-state index is 6.20. The van der Waals surface area contributed by atoms with Crippen LogP contribution in [0.3, 0.4) is 0 Å². The molecule has 1 saturated heterocycles. The molecule has 0 aromatic heterocycles. The summed E-state index contributed by atoms with van der Waals surface area (Å²) in [7, 11) is 0. The molecular formula is C29H50N8. The molecule has 0 bridgehead atoms. The van der Waals surface area contributed by atoms with Gasteiger partial charge in [0.25, 0.3) is 0 Å². The highest BCUT2D eigenvalue weighted by molar-refractivity contribution is 5.83. The van der Waals surface area contributed by atoms with Gasteiger partial charge in [0.05, 0.1) is 6.54 Å². The Morgan fingerprint density at radius 1 is 1.00 bits per heavy atom. The van der Waals surface area contributed by atoms with E-state index in [1.54, 1.807) is 0 Å². The van der Waals surface area contributed by atoms with E-state index in [0.29, 0.717) is 18.3 Å². The van der Waals surface area contributed by atoms with Crippen LogP contribution < -0.4 is 27.0 Å². The molecule has 1 aliphatic carbocycles. The van der Waals surface area contributed by atoms with Gasteiger partial charge in [0, 0.05) is 45.3 Å². The number of hydrogen-bond acceptors (Lipinski definition) is 6. The Hall–Kier alpha value is -2.13. The summed E-state index contributed by atoms with van der Waals surface area (Å²) < 4.78 is 0. The zero-order valence-electron chi connectivity index (χ0n) is 23.1. The van der Waals surface area contributed by atoms with E-state index in [-0.39, 0.29) is 6.17 Å². The third kappa shape index (κ3) is 9.60. The van der Waals surface area contributed by atoms with Gasteiger partial charge in [-0.1, -0.05) is 57.4 Å². The number of guanidine groups is 1. The van der Waals surface area contributed by atoms with Crippen molar-refractivity contribution >= 4 is 5.96 Å². The number of nitrogens with zero attached hydrogens (tertiary/aromatic N) is 3. The van der Waals surface area contributed by atoms with Crippen LogP contribution in [0.4, 0.5) is 0 Å². The third-order valence-corrected chi connectivity index (χ3v) is 7.65. The van der Waals surface area contributed by atoms with Crippen LogP contribution in [0, 0.1) is 5.92 Å². The fraction of sp³-hybridized carbons (Fsp3) is 0.690. The van der Waals surface area contributed by atoms with Crippen molar-refractivity contribution in [1.82, 2.24) is 31.1 Å². The van der Waals surface area contributed by atoms with Crippen LogP contribution in [0.25, 0.3) is 0 Å². The molecule has 1 aromatic rings.